The first kappa shape index (κ1) is 17.5. The fourth-order valence-electron chi connectivity index (χ4n) is 2.29. The Kier molecular flexibility index (Phi) is 5.95. The largest absolute Gasteiger partial charge is 0.452 e. The second-order valence-corrected chi connectivity index (χ2v) is 5.64. The summed E-state index contributed by atoms with van der Waals surface area (Å²) >= 11 is 0. The number of nitrogens with two attached hydrogens (primary N) is 1. The molecule has 3 N–H and O–H groups in total. The van der Waals surface area contributed by atoms with Crippen molar-refractivity contribution >= 4 is 17.6 Å². The van der Waals surface area contributed by atoms with Crippen LogP contribution in [-0.4, -0.2) is 18.5 Å². The van der Waals surface area contributed by atoms with Gasteiger partial charge in [0.15, 0.2) is 6.61 Å². The summed E-state index contributed by atoms with van der Waals surface area (Å²) in [5, 5.41) is 2.88. The monoisotopic (exact) mass is 326 g/mol. The normalized spacial score (nSPS) is 11.6. The minimum absolute atomic E-state index is 0.103. The van der Waals surface area contributed by atoms with E-state index in [9.17, 15) is 9.59 Å². The molecular formula is C19H22N2O3. The van der Waals surface area contributed by atoms with Crippen molar-refractivity contribution in [2.45, 2.75) is 26.3 Å². The van der Waals surface area contributed by atoms with Crippen LogP contribution in [-0.2, 0) is 9.53 Å². The van der Waals surface area contributed by atoms with Crippen LogP contribution in [0, 0.1) is 6.92 Å². The Labute approximate surface area is 141 Å². The highest BCUT2D eigenvalue weighted by molar-refractivity contribution is 5.91. The Bertz CT molecular complexity index is 694. The van der Waals surface area contributed by atoms with Crippen molar-refractivity contribution in [2.75, 3.05) is 12.3 Å². The quantitative estimate of drug-likeness (QED) is 0.631. The van der Waals surface area contributed by atoms with Gasteiger partial charge in [0.25, 0.3) is 5.91 Å². The SMILES string of the molecule is CC[C@@H](NC(=O)COC(=O)c1ccc(N)cc1)c1ccc(C)cc1. The first-order valence-electron chi connectivity index (χ1n) is 7.88. The molecule has 0 aliphatic rings. The van der Waals surface area contributed by atoms with Crippen molar-refractivity contribution in [1.82, 2.24) is 5.32 Å². The number of anilines is 1. The standard InChI is InChI=1S/C19H22N2O3/c1-3-17(14-6-4-13(2)5-7-14)21-18(22)12-24-19(23)15-8-10-16(20)11-9-15/h4-11,17H,3,12,20H2,1-2H3,(H,21,22)/t17-/m1/s1. The van der Waals surface area contributed by atoms with Gasteiger partial charge in [-0.15, -0.1) is 0 Å². The Morgan fingerprint density at radius 2 is 1.71 bits per heavy atom. The lowest BCUT2D eigenvalue weighted by atomic mass is 10.0. The van der Waals surface area contributed by atoms with E-state index in [0.717, 1.165) is 17.5 Å². The summed E-state index contributed by atoms with van der Waals surface area (Å²) in [6.45, 7) is 3.69. The number of hydrogen-bond donors (Lipinski definition) is 2. The molecule has 0 aliphatic carbocycles. The number of carbonyl (C=O) groups excluding carboxylic acids is 2. The lowest BCUT2D eigenvalue weighted by molar-refractivity contribution is -0.125. The summed E-state index contributed by atoms with van der Waals surface area (Å²) in [5.74, 6) is -0.875. The smallest absolute Gasteiger partial charge is 0.338 e. The maximum absolute atomic E-state index is 12.0. The number of nitrogen functional groups attached to an aromatic ring is 1. The van der Waals surface area contributed by atoms with Crippen molar-refractivity contribution in [2.24, 2.45) is 0 Å². The number of amides is 1. The number of ether oxygens (including phenoxy) is 1. The summed E-state index contributed by atoms with van der Waals surface area (Å²) in [6, 6.07) is 14.2. The fourth-order valence-corrected chi connectivity index (χ4v) is 2.29. The molecule has 5 nitrogen and oxygen atoms in total. The van der Waals surface area contributed by atoms with Gasteiger partial charge in [-0.05, 0) is 43.2 Å². The molecule has 2 aromatic rings. The molecule has 0 unspecified atom stereocenters. The number of aryl methyl sites for hydroxylation is 1. The summed E-state index contributed by atoms with van der Waals surface area (Å²) in [5.41, 5.74) is 8.69. The zero-order chi connectivity index (χ0) is 17.5. The van der Waals surface area contributed by atoms with Crippen molar-refractivity contribution in [3.05, 3.63) is 65.2 Å². The number of benzene rings is 2. The summed E-state index contributed by atoms with van der Waals surface area (Å²) in [6.07, 6.45) is 0.751. The van der Waals surface area contributed by atoms with Crippen molar-refractivity contribution in [3.8, 4) is 0 Å². The van der Waals surface area contributed by atoms with Gasteiger partial charge in [0.05, 0.1) is 11.6 Å². The summed E-state index contributed by atoms with van der Waals surface area (Å²) < 4.78 is 5.04. The Morgan fingerprint density at radius 3 is 2.29 bits per heavy atom. The number of hydrogen-bond acceptors (Lipinski definition) is 4. The van der Waals surface area contributed by atoms with Crippen molar-refractivity contribution in [3.63, 3.8) is 0 Å². The van der Waals surface area contributed by atoms with Gasteiger partial charge in [-0.3, -0.25) is 4.79 Å². The summed E-state index contributed by atoms with van der Waals surface area (Å²) in [4.78, 5) is 23.9. The molecule has 126 valence electrons. The second kappa shape index (κ2) is 8.15. The Hall–Kier alpha value is -2.82. The molecule has 0 fully saturated rings. The molecule has 2 rings (SSSR count). The van der Waals surface area contributed by atoms with Crippen LogP contribution < -0.4 is 11.1 Å². The van der Waals surface area contributed by atoms with Gasteiger partial charge in [0.1, 0.15) is 0 Å². The van der Waals surface area contributed by atoms with E-state index in [0.29, 0.717) is 11.3 Å². The van der Waals surface area contributed by atoms with Gasteiger partial charge in [0, 0.05) is 5.69 Å². The first-order valence-corrected chi connectivity index (χ1v) is 7.88. The Balaban J connectivity index is 1.88. The van der Waals surface area contributed by atoms with Crippen molar-refractivity contribution < 1.29 is 14.3 Å². The van der Waals surface area contributed by atoms with Gasteiger partial charge in [-0.2, -0.15) is 0 Å². The van der Waals surface area contributed by atoms with E-state index >= 15 is 0 Å². The van der Waals surface area contributed by atoms with Gasteiger partial charge >= 0.3 is 5.97 Å². The highest BCUT2D eigenvalue weighted by Crippen LogP contribution is 2.17. The molecule has 2 aromatic carbocycles. The topological polar surface area (TPSA) is 81.4 Å². The molecule has 0 aliphatic heterocycles. The molecule has 0 aromatic heterocycles. The minimum Gasteiger partial charge on any atom is -0.452 e. The molecule has 1 atom stereocenters. The third-order valence-corrected chi connectivity index (χ3v) is 3.70. The van der Waals surface area contributed by atoms with E-state index in [1.54, 1.807) is 24.3 Å². The van der Waals surface area contributed by atoms with Gasteiger partial charge in [-0.1, -0.05) is 36.8 Å². The van der Waals surface area contributed by atoms with Crippen LogP contribution in [0.2, 0.25) is 0 Å². The van der Waals surface area contributed by atoms with E-state index in [4.69, 9.17) is 10.5 Å². The maximum atomic E-state index is 12.0. The van der Waals surface area contributed by atoms with E-state index in [1.807, 2.05) is 38.1 Å². The minimum atomic E-state index is -0.548. The van der Waals surface area contributed by atoms with Gasteiger partial charge < -0.3 is 15.8 Å². The molecule has 0 radical (unpaired) electrons. The van der Waals surface area contributed by atoms with Crippen LogP contribution >= 0.6 is 0 Å². The van der Waals surface area contributed by atoms with Crippen molar-refractivity contribution in [1.29, 1.82) is 0 Å². The molecule has 0 heterocycles. The molecule has 24 heavy (non-hydrogen) atoms. The van der Waals surface area contributed by atoms with Crippen LogP contribution in [0.3, 0.4) is 0 Å². The van der Waals surface area contributed by atoms with Crippen LogP contribution in [0.4, 0.5) is 5.69 Å². The average molecular weight is 326 g/mol. The number of rotatable bonds is 6. The number of carbonyl (C=O) groups is 2. The van der Waals surface area contributed by atoms with Crippen LogP contribution in [0.25, 0.3) is 0 Å². The highest BCUT2D eigenvalue weighted by atomic mass is 16.5. The third kappa shape index (κ3) is 4.84. The molecule has 0 saturated carbocycles. The van der Waals surface area contributed by atoms with E-state index in [1.165, 1.54) is 0 Å². The average Bonchev–Trinajstić information content (AvgIpc) is 2.59. The van der Waals surface area contributed by atoms with Gasteiger partial charge in [-0.25, -0.2) is 4.79 Å². The zero-order valence-corrected chi connectivity index (χ0v) is 13.9. The zero-order valence-electron chi connectivity index (χ0n) is 13.9. The predicted molar refractivity (Wildman–Crippen MR) is 93.5 cm³/mol. The predicted octanol–water partition coefficient (Wildman–Crippen LogP) is 3.00. The first-order chi connectivity index (χ1) is 11.5. The molecule has 0 saturated heterocycles. The molecule has 1 amide bonds. The molecular weight excluding hydrogens is 304 g/mol. The van der Waals surface area contributed by atoms with Crippen LogP contribution in [0.5, 0.6) is 0 Å². The molecule has 0 bridgehead atoms. The van der Waals surface area contributed by atoms with Crippen LogP contribution in [0.15, 0.2) is 48.5 Å². The maximum Gasteiger partial charge on any atom is 0.338 e. The third-order valence-electron chi connectivity index (χ3n) is 3.70. The fraction of sp³-hybridized carbons (Fsp3) is 0.263. The lowest BCUT2D eigenvalue weighted by Gasteiger charge is -2.17. The summed E-state index contributed by atoms with van der Waals surface area (Å²) in [7, 11) is 0. The second-order valence-electron chi connectivity index (χ2n) is 5.64. The van der Waals surface area contributed by atoms with E-state index in [2.05, 4.69) is 5.32 Å². The molecule has 0 spiro atoms. The van der Waals surface area contributed by atoms with E-state index < -0.39 is 5.97 Å². The van der Waals surface area contributed by atoms with Gasteiger partial charge in [0.2, 0.25) is 0 Å². The number of esters is 1. The highest BCUT2D eigenvalue weighted by Gasteiger charge is 2.15. The lowest BCUT2D eigenvalue weighted by Crippen LogP contribution is -2.32. The molecule has 5 heteroatoms. The van der Waals surface area contributed by atoms with Crippen LogP contribution in [0.1, 0.15) is 40.9 Å². The Morgan fingerprint density at radius 1 is 1.08 bits per heavy atom. The van der Waals surface area contributed by atoms with E-state index in [-0.39, 0.29) is 18.6 Å². The number of nitrogens with one attached hydrogen (secondary N) is 1.